The molecule has 0 saturated heterocycles. The van der Waals surface area contributed by atoms with Gasteiger partial charge in [0.25, 0.3) is 0 Å². The molecule has 1 saturated carbocycles. The molecule has 4 heteroatoms. The number of nitrogens with two attached hydrogens (primary N) is 1. The number of hydrogen-bond donors (Lipinski definition) is 2. The zero-order valence-electron chi connectivity index (χ0n) is 9.50. The zero-order chi connectivity index (χ0) is 11.0. The highest BCUT2D eigenvalue weighted by molar-refractivity contribution is 5.44. The number of nitrogen functional groups attached to an aromatic ring is 1. The first-order valence-electron chi connectivity index (χ1n) is 6.20. The second-order valence-electron chi connectivity index (χ2n) is 4.80. The first-order valence-corrected chi connectivity index (χ1v) is 6.20. The lowest BCUT2D eigenvalue weighted by Gasteiger charge is -2.19. The highest BCUT2D eigenvalue weighted by Gasteiger charge is 2.23. The Balaban J connectivity index is 1.97. The van der Waals surface area contributed by atoms with Crippen LogP contribution in [0.3, 0.4) is 0 Å². The Kier molecular flexibility index (Phi) is 2.52. The fraction of sp³-hybridized carbons (Fsp3) is 0.667. The molecule has 2 heterocycles. The van der Waals surface area contributed by atoms with Gasteiger partial charge in [-0.25, -0.2) is 9.97 Å². The third-order valence-electron chi connectivity index (χ3n) is 3.71. The van der Waals surface area contributed by atoms with Crippen molar-refractivity contribution in [2.24, 2.45) is 0 Å². The zero-order valence-corrected chi connectivity index (χ0v) is 9.50. The maximum absolute atomic E-state index is 6.03. The molecule has 0 atom stereocenters. The molecule has 4 nitrogen and oxygen atoms in total. The molecule has 1 fully saturated rings. The molecule has 0 radical (unpaired) electrons. The lowest BCUT2D eigenvalue weighted by Crippen LogP contribution is -2.27. The fourth-order valence-corrected chi connectivity index (χ4v) is 2.77. The van der Waals surface area contributed by atoms with E-state index in [9.17, 15) is 0 Å². The Labute approximate surface area is 95.7 Å². The molecule has 16 heavy (non-hydrogen) atoms. The molecule has 0 amide bonds. The van der Waals surface area contributed by atoms with Crippen molar-refractivity contribution in [2.75, 3.05) is 12.3 Å². The highest BCUT2D eigenvalue weighted by Crippen LogP contribution is 2.33. The lowest BCUT2D eigenvalue weighted by molar-refractivity contribution is 0.599. The molecule has 1 aliphatic carbocycles. The molecule has 2 aliphatic rings. The van der Waals surface area contributed by atoms with Crippen LogP contribution in [0.1, 0.15) is 48.7 Å². The van der Waals surface area contributed by atoms with Gasteiger partial charge in [-0.3, -0.25) is 0 Å². The fourth-order valence-electron chi connectivity index (χ4n) is 2.77. The Morgan fingerprint density at radius 2 is 2.00 bits per heavy atom. The summed E-state index contributed by atoms with van der Waals surface area (Å²) in [6.45, 7) is 1.84. The van der Waals surface area contributed by atoms with Crippen molar-refractivity contribution in [3.63, 3.8) is 0 Å². The van der Waals surface area contributed by atoms with E-state index in [4.69, 9.17) is 10.7 Å². The van der Waals surface area contributed by atoms with Crippen LogP contribution in [0.15, 0.2) is 0 Å². The summed E-state index contributed by atoms with van der Waals surface area (Å²) < 4.78 is 0. The van der Waals surface area contributed by atoms with E-state index >= 15 is 0 Å². The van der Waals surface area contributed by atoms with Gasteiger partial charge in [-0.05, 0) is 25.8 Å². The summed E-state index contributed by atoms with van der Waals surface area (Å²) in [5.41, 5.74) is 8.32. The standard InChI is InChI=1S/C12H18N4/c13-11-9-5-6-14-7-10(9)15-12(16-11)8-3-1-2-4-8/h8,14H,1-7H2,(H2,13,15,16). The van der Waals surface area contributed by atoms with Crippen LogP contribution in [-0.2, 0) is 13.0 Å². The molecule has 1 aromatic rings. The van der Waals surface area contributed by atoms with Crippen molar-refractivity contribution < 1.29 is 0 Å². The molecule has 0 spiro atoms. The lowest BCUT2D eigenvalue weighted by atomic mass is 10.0. The summed E-state index contributed by atoms with van der Waals surface area (Å²) in [5, 5.41) is 3.34. The van der Waals surface area contributed by atoms with E-state index in [1.165, 1.54) is 31.2 Å². The number of nitrogens with zero attached hydrogens (tertiary/aromatic N) is 2. The van der Waals surface area contributed by atoms with Gasteiger partial charge in [0.05, 0.1) is 5.69 Å². The van der Waals surface area contributed by atoms with Crippen LogP contribution in [0.2, 0.25) is 0 Å². The van der Waals surface area contributed by atoms with Gasteiger partial charge < -0.3 is 11.1 Å². The van der Waals surface area contributed by atoms with Crippen LogP contribution in [0, 0.1) is 0 Å². The molecule has 3 rings (SSSR count). The first-order chi connectivity index (χ1) is 7.84. The number of anilines is 1. The average molecular weight is 218 g/mol. The Hall–Kier alpha value is -1.16. The molecular formula is C12H18N4. The van der Waals surface area contributed by atoms with Gasteiger partial charge in [0.1, 0.15) is 11.6 Å². The van der Waals surface area contributed by atoms with E-state index < -0.39 is 0 Å². The van der Waals surface area contributed by atoms with Crippen LogP contribution in [0.5, 0.6) is 0 Å². The smallest absolute Gasteiger partial charge is 0.134 e. The summed E-state index contributed by atoms with van der Waals surface area (Å²) in [6, 6.07) is 0. The summed E-state index contributed by atoms with van der Waals surface area (Å²) in [6.07, 6.45) is 6.04. The van der Waals surface area contributed by atoms with E-state index in [1.54, 1.807) is 0 Å². The van der Waals surface area contributed by atoms with Crippen LogP contribution in [0.25, 0.3) is 0 Å². The predicted octanol–water partition coefficient (Wildman–Crippen LogP) is 1.36. The Bertz CT molecular complexity index is 396. The molecule has 3 N–H and O–H groups in total. The topological polar surface area (TPSA) is 63.8 Å². The quantitative estimate of drug-likeness (QED) is 0.747. The van der Waals surface area contributed by atoms with Crippen molar-refractivity contribution in [3.05, 3.63) is 17.1 Å². The number of aromatic nitrogens is 2. The van der Waals surface area contributed by atoms with Gasteiger partial charge in [-0.2, -0.15) is 0 Å². The van der Waals surface area contributed by atoms with Gasteiger partial charge in [0.15, 0.2) is 0 Å². The molecule has 1 aliphatic heterocycles. The molecule has 0 bridgehead atoms. The SMILES string of the molecule is Nc1nc(C2CCCC2)nc2c1CCNC2. The van der Waals surface area contributed by atoms with Crippen molar-refractivity contribution in [2.45, 2.75) is 44.6 Å². The van der Waals surface area contributed by atoms with Crippen LogP contribution < -0.4 is 11.1 Å². The maximum atomic E-state index is 6.03. The first kappa shape index (κ1) is 10.0. The van der Waals surface area contributed by atoms with Gasteiger partial charge in [0.2, 0.25) is 0 Å². The number of rotatable bonds is 1. The summed E-state index contributed by atoms with van der Waals surface area (Å²) >= 11 is 0. The monoisotopic (exact) mass is 218 g/mol. The minimum absolute atomic E-state index is 0.550. The minimum atomic E-state index is 0.550. The number of hydrogen-bond acceptors (Lipinski definition) is 4. The highest BCUT2D eigenvalue weighted by atomic mass is 15.0. The summed E-state index contributed by atoms with van der Waals surface area (Å²) in [7, 11) is 0. The van der Waals surface area contributed by atoms with Crippen molar-refractivity contribution >= 4 is 5.82 Å². The van der Waals surface area contributed by atoms with Crippen LogP contribution in [0.4, 0.5) is 5.82 Å². The largest absolute Gasteiger partial charge is 0.383 e. The second kappa shape index (κ2) is 4.01. The van der Waals surface area contributed by atoms with Crippen molar-refractivity contribution in [1.82, 2.24) is 15.3 Å². The third-order valence-corrected chi connectivity index (χ3v) is 3.71. The van der Waals surface area contributed by atoms with Crippen molar-refractivity contribution in [3.8, 4) is 0 Å². The van der Waals surface area contributed by atoms with Crippen LogP contribution in [-0.4, -0.2) is 16.5 Å². The number of nitrogens with one attached hydrogen (secondary N) is 1. The Morgan fingerprint density at radius 3 is 2.81 bits per heavy atom. The third kappa shape index (κ3) is 1.67. The van der Waals surface area contributed by atoms with Gasteiger partial charge in [0, 0.05) is 18.0 Å². The molecule has 0 unspecified atom stereocenters. The number of fused-ring (bicyclic) bond motifs is 1. The van der Waals surface area contributed by atoms with E-state index in [0.717, 1.165) is 31.0 Å². The average Bonchev–Trinajstić information content (AvgIpc) is 2.82. The van der Waals surface area contributed by atoms with Crippen LogP contribution >= 0.6 is 0 Å². The van der Waals surface area contributed by atoms with Gasteiger partial charge in [-0.15, -0.1) is 0 Å². The summed E-state index contributed by atoms with van der Waals surface area (Å²) in [4.78, 5) is 9.21. The maximum Gasteiger partial charge on any atom is 0.134 e. The Morgan fingerprint density at radius 1 is 1.19 bits per heavy atom. The van der Waals surface area contributed by atoms with E-state index in [0.29, 0.717) is 11.7 Å². The van der Waals surface area contributed by atoms with E-state index in [2.05, 4.69) is 10.3 Å². The van der Waals surface area contributed by atoms with E-state index in [1.807, 2.05) is 0 Å². The molecular weight excluding hydrogens is 200 g/mol. The van der Waals surface area contributed by atoms with Gasteiger partial charge in [-0.1, -0.05) is 12.8 Å². The molecule has 86 valence electrons. The molecule has 0 aromatic carbocycles. The minimum Gasteiger partial charge on any atom is -0.383 e. The second-order valence-corrected chi connectivity index (χ2v) is 4.80. The summed E-state index contributed by atoms with van der Waals surface area (Å²) in [5.74, 6) is 2.25. The van der Waals surface area contributed by atoms with E-state index in [-0.39, 0.29) is 0 Å². The normalized spacial score (nSPS) is 21.0. The van der Waals surface area contributed by atoms with Crippen molar-refractivity contribution in [1.29, 1.82) is 0 Å². The molecule has 1 aromatic heterocycles. The van der Waals surface area contributed by atoms with Gasteiger partial charge >= 0.3 is 0 Å². The predicted molar refractivity (Wildman–Crippen MR) is 63.1 cm³/mol.